The third-order valence-corrected chi connectivity index (χ3v) is 7.47. The summed E-state index contributed by atoms with van der Waals surface area (Å²) in [6.07, 6.45) is 1.28. The van der Waals surface area contributed by atoms with Gasteiger partial charge >= 0.3 is 18.2 Å². The first kappa shape index (κ1) is 30.8. The quantitative estimate of drug-likeness (QED) is 0.252. The fraction of sp³-hybridized carbons (Fsp3) is 0.333. The zero-order valence-corrected chi connectivity index (χ0v) is 23.2. The molecule has 9 nitrogen and oxygen atoms in total. The Balaban J connectivity index is 1.49. The SMILES string of the molecule is Cc1c(OCC(F)(F)F)ccnc1C[S@@](=O)c1nc2c(n1C(=O)N(C)CCOC(=O)c1ccc(F)c(F)c1)CCC=C2. The molecular weight excluding hydrogens is 587 g/mol. The Morgan fingerprint density at radius 3 is 2.64 bits per heavy atom. The maximum Gasteiger partial charge on any atom is 0.422 e. The second kappa shape index (κ2) is 12.8. The highest BCUT2D eigenvalue weighted by Gasteiger charge is 2.30. The summed E-state index contributed by atoms with van der Waals surface area (Å²) >= 11 is 0. The molecule has 0 unspecified atom stereocenters. The van der Waals surface area contributed by atoms with Crippen LogP contribution in [0.3, 0.4) is 0 Å². The number of imidazole rings is 1. The van der Waals surface area contributed by atoms with Crippen molar-refractivity contribution in [3.8, 4) is 5.75 Å². The Hall–Kier alpha value is -4.14. The van der Waals surface area contributed by atoms with Gasteiger partial charge in [0.15, 0.2) is 18.2 Å². The molecule has 0 aliphatic heterocycles. The summed E-state index contributed by atoms with van der Waals surface area (Å²) in [5, 5.41) is -0.0787. The molecule has 0 fully saturated rings. The molecule has 0 saturated heterocycles. The van der Waals surface area contributed by atoms with E-state index in [0.717, 1.165) is 12.1 Å². The fourth-order valence-corrected chi connectivity index (χ4v) is 5.30. The van der Waals surface area contributed by atoms with Crippen molar-refractivity contribution in [3.63, 3.8) is 0 Å². The van der Waals surface area contributed by atoms with E-state index in [-0.39, 0.29) is 46.6 Å². The second-order valence-electron chi connectivity index (χ2n) is 9.25. The molecule has 1 aliphatic rings. The minimum Gasteiger partial charge on any atom is -0.484 e. The van der Waals surface area contributed by atoms with E-state index in [1.54, 1.807) is 6.08 Å². The van der Waals surface area contributed by atoms with Crippen LogP contribution in [-0.4, -0.2) is 68.6 Å². The van der Waals surface area contributed by atoms with Crippen molar-refractivity contribution >= 4 is 28.9 Å². The average molecular weight is 613 g/mol. The van der Waals surface area contributed by atoms with Crippen molar-refractivity contribution in [1.29, 1.82) is 0 Å². The summed E-state index contributed by atoms with van der Waals surface area (Å²) in [7, 11) is -0.522. The van der Waals surface area contributed by atoms with Crippen LogP contribution in [0.15, 0.2) is 41.7 Å². The number of esters is 1. The largest absolute Gasteiger partial charge is 0.484 e. The van der Waals surface area contributed by atoms with E-state index in [0.29, 0.717) is 30.3 Å². The molecule has 1 atom stereocenters. The summed E-state index contributed by atoms with van der Waals surface area (Å²) in [6.45, 7) is -0.377. The number of allylic oxidation sites excluding steroid dienone is 1. The molecule has 0 radical (unpaired) electrons. The number of hydrogen-bond acceptors (Lipinski definition) is 7. The molecule has 2 aromatic heterocycles. The molecule has 1 amide bonds. The number of nitrogens with zero attached hydrogens (tertiary/aromatic N) is 4. The Morgan fingerprint density at radius 2 is 1.93 bits per heavy atom. The van der Waals surface area contributed by atoms with Gasteiger partial charge in [0.05, 0.1) is 45.7 Å². The number of likely N-dealkylation sites (N-methyl/N-ethyl adjacent to an activating group) is 1. The van der Waals surface area contributed by atoms with Gasteiger partial charge in [-0.05, 0) is 50.1 Å². The van der Waals surface area contributed by atoms with Crippen LogP contribution >= 0.6 is 0 Å². The molecule has 42 heavy (non-hydrogen) atoms. The third-order valence-electron chi connectivity index (χ3n) is 6.25. The molecule has 0 saturated carbocycles. The molecule has 2 heterocycles. The van der Waals surface area contributed by atoms with Crippen LogP contribution in [0.4, 0.5) is 26.7 Å². The number of hydrogen-bond donors (Lipinski definition) is 0. The number of ether oxygens (including phenoxy) is 2. The third kappa shape index (κ3) is 7.19. The summed E-state index contributed by atoms with van der Waals surface area (Å²) < 4.78 is 89.1. The van der Waals surface area contributed by atoms with E-state index in [9.17, 15) is 35.8 Å². The Kier molecular flexibility index (Phi) is 9.39. The number of pyridine rings is 1. The normalized spacial score (nSPS) is 13.4. The van der Waals surface area contributed by atoms with Crippen LogP contribution in [0.2, 0.25) is 0 Å². The van der Waals surface area contributed by atoms with Crippen molar-refractivity contribution < 1.29 is 45.2 Å². The van der Waals surface area contributed by atoms with E-state index < -0.39 is 47.2 Å². The maximum absolute atomic E-state index is 13.5. The number of rotatable bonds is 9. The first-order valence-electron chi connectivity index (χ1n) is 12.5. The number of carbonyl (C=O) groups is 2. The maximum atomic E-state index is 13.5. The van der Waals surface area contributed by atoms with Crippen molar-refractivity contribution in [1.82, 2.24) is 19.4 Å². The lowest BCUT2D eigenvalue weighted by Crippen LogP contribution is -2.36. The Bertz CT molecular complexity index is 1560. The highest BCUT2D eigenvalue weighted by Crippen LogP contribution is 2.27. The van der Waals surface area contributed by atoms with Gasteiger partial charge < -0.3 is 14.4 Å². The van der Waals surface area contributed by atoms with Gasteiger partial charge in [0.2, 0.25) is 5.16 Å². The van der Waals surface area contributed by atoms with Crippen LogP contribution in [0, 0.1) is 18.6 Å². The molecule has 1 aromatic carbocycles. The van der Waals surface area contributed by atoms with Crippen LogP contribution < -0.4 is 4.74 Å². The number of benzene rings is 1. The smallest absolute Gasteiger partial charge is 0.422 e. The summed E-state index contributed by atoms with van der Waals surface area (Å²) in [5.41, 5.74) is 1.24. The average Bonchev–Trinajstić information content (AvgIpc) is 3.33. The van der Waals surface area contributed by atoms with Gasteiger partial charge in [-0.1, -0.05) is 6.08 Å². The molecule has 0 N–H and O–H groups in total. The Morgan fingerprint density at radius 1 is 1.17 bits per heavy atom. The number of halogens is 5. The lowest BCUT2D eigenvalue weighted by Gasteiger charge is -2.20. The molecule has 1 aliphatic carbocycles. The van der Waals surface area contributed by atoms with Gasteiger partial charge in [-0.25, -0.2) is 27.9 Å². The molecule has 0 bridgehead atoms. The van der Waals surface area contributed by atoms with Gasteiger partial charge in [0, 0.05) is 18.8 Å². The first-order valence-corrected chi connectivity index (χ1v) is 13.9. The first-order chi connectivity index (χ1) is 19.9. The monoisotopic (exact) mass is 612 g/mol. The predicted octanol–water partition coefficient (Wildman–Crippen LogP) is 4.83. The minimum absolute atomic E-state index is 0.0615. The van der Waals surface area contributed by atoms with Crippen molar-refractivity contribution in [3.05, 3.63) is 76.4 Å². The highest BCUT2D eigenvalue weighted by molar-refractivity contribution is 7.84. The molecule has 0 spiro atoms. The van der Waals surface area contributed by atoms with Crippen LogP contribution in [0.5, 0.6) is 5.75 Å². The summed E-state index contributed by atoms with van der Waals surface area (Å²) in [5.74, 6) is -3.55. The number of fused-ring (bicyclic) bond motifs is 1. The van der Waals surface area contributed by atoms with Crippen molar-refractivity contribution in [2.24, 2.45) is 0 Å². The van der Waals surface area contributed by atoms with Crippen LogP contribution in [0.25, 0.3) is 6.08 Å². The van der Waals surface area contributed by atoms with Crippen LogP contribution in [-0.2, 0) is 27.7 Å². The van der Waals surface area contributed by atoms with E-state index in [4.69, 9.17) is 9.47 Å². The van der Waals surface area contributed by atoms with Gasteiger partial charge in [-0.3, -0.25) is 9.19 Å². The number of amides is 1. The zero-order chi connectivity index (χ0) is 30.6. The van der Waals surface area contributed by atoms with Crippen molar-refractivity contribution in [2.45, 2.75) is 36.9 Å². The van der Waals surface area contributed by atoms with Gasteiger partial charge in [0.1, 0.15) is 12.4 Å². The minimum atomic E-state index is -4.54. The van der Waals surface area contributed by atoms with Crippen LogP contribution in [0.1, 0.15) is 39.4 Å². The Labute approximate surface area is 239 Å². The highest BCUT2D eigenvalue weighted by atomic mass is 32.2. The number of carbonyl (C=O) groups excluding carboxylic acids is 2. The molecule has 15 heteroatoms. The van der Waals surface area contributed by atoms with Gasteiger partial charge in [0.25, 0.3) is 0 Å². The standard InChI is InChI=1S/C27H25F5N4O5S/c1-16-21(33-10-9-23(16)41-15-27(30,31)32)14-42(39)25-34-20-5-3-4-6-22(20)36(25)26(38)35(2)11-12-40-24(37)17-7-8-18(28)19(29)13-17/h3,5,7-10,13H,4,6,11-12,14-15H2,1-2H3/t42-/m1/s1. The molecule has 224 valence electrons. The second-order valence-corrected chi connectivity index (χ2v) is 10.6. The molecular formula is C27H25F5N4O5S. The van der Waals surface area contributed by atoms with Gasteiger partial charge in [-0.2, -0.15) is 13.2 Å². The number of aromatic nitrogens is 3. The molecule has 4 rings (SSSR count). The van der Waals surface area contributed by atoms with E-state index in [1.165, 1.54) is 35.7 Å². The lowest BCUT2D eigenvalue weighted by molar-refractivity contribution is -0.153. The molecule has 3 aromatic rings. The topological polar surface area (TPSA) is 104 Å². The van der Waals surface area contributed by atoms with E-state index in [1.807, 2.05) is 6.08 Å². The fourth-order valence-electron chi connectivity index (χ4n) is 4.04. The summed E-state index contributed by atoms with van der Waals surface area (Å²) in [6, 6.07) is 3.22. The van der Waals surface area contributed by atoms with Gasteiger partial charge in [-0.15, -0.1) is 0 Å². The predicted molar refractivity (Wildman–Crippen MR) is 140 cm³/mol. The van der Waals surface area contributed by atoms with E-state index >= 15 is 0 Å². The summed E-state index contributed by atoms with van der Waals surface area (Å²) in [4.78, 5) is 35.4. The van der Waals surface area contributed by atoms with E-state index in [2.05, 4.69) is 9.97 Å². The number of alkyl halides is 3. The lowest BCUT2D eigenvalue weighted by atomic mass is 10.1. The van der Waals surface area contributed by atoms with Crippen molar-refractivity contribution in [2.75, 3.05) is 26.8 Å². The zero-order valence-electron chi connectivity index (χ0n) is 22.4.